The van der Waals surface area contributed by atoms with Crippen molar-refractivity contribution in [3.8, 4) is 11.5 Å². The number of benzene rings is 1. The average molecular weight is 375 g/mol. The molecule has 0 radical (unpaired) electrons. The van der Waals surface area contributed by atoms with E-state index in [-0.39, 0.29) is 22.8 Å². The highest BCUT2D eigenvalue weighted by Gasteiger charge is 2.20. The molecule has 0 aliphatic rings. The van der Waals surface area contributed by atoms with Gasteiger partial charge in [-0.05, 0) is 31.4 Å². The minimum atomic E-state index is -0.0874. The number of hydrogen-bond donors (Lipinski definition) is 2. The van der Waals surface area contributed by atoms with E-state index in [1.165, 1.54) is 57.4 Å². The summed E-state index contributed by atoms with van der Waals surface area (Å²) in [6.45, 7) is 7.65. The number of carbonyl (C=O) groups is 1. The van der Waals surface area contributed by atoms with Crippen LogP contribution in [0.5, 0.6) is 11.5 Å². The van der Waals surface area contributed by atoms with Gasteiger partial charge >= 0.3 is 0 Å². The Morgan fingerprint density at radius 1 is 0.963 bits per heavy atom. The van der Waals surface area contributed by atoms with Crippen molar-refractivity contribution in [2.75, 3.05) is 0 Å². The van der Waals surface area contributed by atoms with E-state index >= 15 is 0 Å². The standard InChI is InChI=1S/C24H38O3/c1-4-6-7-8-9-10-11-12-13-14-15-17-21(25)23-20(16-5-2)24(27)19(3)18-22(23)26/h5,18,26-27H,2,4,6-17H2,1,3H3. The highest BCUT2D eigenvalue weighted by Crippen LogP contribution is 2.34. The molecule has 3 heteroatoms. The lowest BCUT2D eigenvalue weighted by molar-refractivity contribution is 0.0975. The summed E-state index contributed by atoms with van der Waals surface area (Å²) in [6, 6.07) is 1.47. The SMILES string of the molecule is C=CCc1c(O)c(C)cc(O)c1C(=O)CCCCCCCCCCCCC. The molecule has 0 atom stereocenters. The number of rotatable bonds is 15. The molecule has 3 nitrogen and oxygen atoms in total. The van der Waals surface area contributed by atoms with Gasteiger partial charge in [0, 0.05) is 12.0 Å². The number of allylic oxidation sites excluding steroid dienone is 1. The number of phenolic OH excluding ortho intramolecular Hbond substituents is 2. The van der Waals surface area contributed by atoms with Gasteiger partial charge in [-0.2, -0.15) is 0 Å². The van der Waals surface area contributed by atoms with E-state index in [4.69, 9.17) is 0 Å². The maximum atomic E-state index is 12.6. The van der Waals surface area contributed by atoms with Crippen molar-refractivity contribution in [3.63, 3.8) is 0 Å². The number of carbonyl (C=O) groups excluding carboxylic acids is 1. The molecule has 0 fully saturated rings. The first-order valence-electron chi connectivity index (χ1n) is 10.7. The highest BCUT2D eigenvalue weighted by molar-refractivity contribution is 6.00. The second-order valence-corrected chi connectivity index (χ2v) is 7.62. The predicted molar refractivity (Wildman–Crippen MR) is 114 cm³/mol. The third-order valence-corrected chi connectivity index (χ3v) is 5.21. The van der Waals surface area contributed by atoms with E-state index < -0.39 is 0 Å². The van der Waals surface area contributed by atoms with Crippen molar-refractivity contribution < 1.29 is 15.0 Å². The Balaban J connectivity index is 2.33. The van der Waals surface area contributed by atoms with Crippen LogP contribution >= 0.6 is 0 Å². The van der Waals surface area contributed by atoms with Gasteiger partial charge in [0.1, 0.15) is 11.5 Å². The van der Waals surface area contributed by atoms with Crippen LogP contribution in [0.3, 0.4) is 0 Å². The Hall–Kier alpha value is -1.77. The van der Waals surface area contributed by atoms with Gasteiger partial charge in [0.05, 0.1) is 5.56 Å². The summed E-state index contributed by atoms with van der Waals surface area (Å²) in [5.74, 6) is -0.0271. The molecule has 152 valence electrons. The molecular weight excluding hydrogens is 336 g/mol. The van der Waals surface area contributed by atoms with E-state index in [0.29, 0.717) is 24.0 Å². The Bertz CT molecular complexity index is 590. The van der Waals surface area contributed by atoms with Crippen LogP contribution in [0.25, 0.3) is 0 Å². The second-order valence-electron chi connectivity index (χ2n) is 7.62. The van der Waals surface area contributed by atoms with Crippen LogP contribution in [-0.4, -0.2) is 16.0 Å². The number of ketones is 1. The maximum Gasteiger partial charge on any atom is 0.167 e. The van der Waals surface area contributed by atoms with Gasteiger partial charge in [0.15, 0.2) is 5.78 Å². The lowest BCUT2D eigenvalue weighted by Gasteiger charge is -2.13. The third-order valence-electron chi connectivity index (χ3n) is 5.21. The van der Waals surface area contributed by atoms with E-state index in [9.17, 15) is 15.0 Å². The minimum absolute atomic E-state index is 0.0322. The molecule has 0 amide bonds. The fraction of sp³-hybridized carbons (Fsp3) is 0.625. The quantitative estimate of drug-likeness (QED) is 0.150. The van der Waals surface area contributed by atoms with Crippen molar-refractivity contribution in [3.05, 3.63) is 35.4 Å². The molecule has 2 N–H and O–H groups in total. The van der Waals surface area contributed by atoms with Crippen LogP contribution in [0.15, 0.2) is 18.7 Å². The number of aryl methyl sites for hydroxylation is 1. The zero-order valence-corrected chi connectivity index (χ0v) is 17.4. The summed E-state index contributed by atoms with van der Waals surface area (Å²) in [4.78, 5) is 12.6. The predicted octanol–water partition coefficient (Wildman–Crippen LogP) is 7.02. The molecule has 0 aliphatic heterocycles. The van der Waals surface area contributed by atoms with Crippen molar-refractivity contribution in [2.24, 2.45) is 0 Å². The second kappa shape index (κ2) is 13.4. The Morgan fingerprint density at radius 2 is 1.48 bits per heavy atom. The van der Waals surface area contributed by atoms with Gasteiger partial charge in [0.25, 0.3) is 0 Å². The number of aromatic hydroxyl groups is 2. The van der Waals surface area contributed by atoms with Gasteiger partial charge in [0.2, 0.25) is 0 Å². The van der Waals surface area contributed by atoms with Crippen molar-refractivity contribution >= 4 is 5.78 Å². The van der Waals surface area contributed by atoms with Crippen LogP contribution in [-0.2, 0) is 6.42 Å². The van der Waals surface area contributed by atoms with Crippen LogP contribution in [0, 0.1) is 6.92 Å². The Labute approximate surface area is 165 Å². The van der Waals surface area contributed by atoms with Crippen LogP contribution in [0.2, 0.25) is 0 Å². The number of hydrogen-bond acceptors (Lipinski definition) is 3. The molecule has 1 aromatic carbocycles. The topological polar surface area (TPSA) is 57.5 Å². The molecule has 27 heavy (non-hydrogen) atoms. The van der Waals surface area contributed by atoms with E-state index in [2.05, 4.69) is 13.5 Å². The average Bonchev–Trinajstić information content (AvgIpc) is 2.64. The maximum absolute atomic E-state index is 12.6. The fourth-order valence-corrected chi connectivity index (χ4v) is 3.59. The van der Waals surface area contributed by atoms with E-state index in [1.54, 1.807) is 13.0 Å². The van der Waals surface area contributed by atoms with Gasteiger partial charge in [-0.1, -0.05) is 77.2 Å². The summed E-state index contributed by atoms with van der Waals surface area (Å²) in [7, 11) is 0. The zero-order valence-electron chi connectivity index (χ0n) is 17.4. The molecular formula is C24H38O3. The summed E-state index contributed by atoms with van der Waals surface area (Å²) in [5.41, 5.74) is 1.34. The minimum Gasteiger partial charge on any atom is -0.507 e. The first kappa shape index (κ1) is 23.3. The van der Waals surface area contributed by atoms with Crippen molar-refractivity contribution in [2.45, 2.75) is 97.3 Å². The number of Topliss-reactive ketones (excluding diaryl/α,β-unsaturated/α-hetero) is 1. The van der Waals surface area contributed by atoms with Gasteiger partial charge in [-0.3, -0.25) is 4.79 Å². The number of phenols is 2. The van der Waals surface area contributed by atoms with Crippen LogP contribution in [0.4, 0.5) is 0 Å². The molecule has 0 heterocycles. The monoisotopic (exact) mass is 374 g/mol. The van der Waals surface area contributed by atoms with E-state index in [1.807, 2.05) is 0 Å². The summed E-state index contributed by atoms with van der Waals surface area (Å²) >= 11 is 0. The first-order chi connectivity index (χ1) is 13.0. The van der Waals surface area contributed by atoms with Gasteiger partial charge < -0.3 is 10.2 Å². The molecule has 0 unspecified atom stereocenters. The van der Waals surface area contributed by atoms with Crippen LogP contribution < -0.4 is 0 Å². The fourth-order valence-electron chi connectivity index (χ4n) is 3.59. The summed E-state index contributed by atoms with van der Waals surface area (Å²) in [6.07, 6.45) is 16.0. The van der Waals surface area contributed by atoms with Crippen LogP contribution in [0.1, 0.15) is 105 Å². The largest absolute Gasteiger partial charge is 0.507 e. The van der Waals surface area contributed by atoms with Gasteiger partial charge in [-0.15, -0.1) is 6.58 Å². The Kier molecular flexibility index (Phi) is 11.6. The molecule has 0 aliphatic carbocycles. The molecule has 0 spiro atoms. The van der Waals surface area contributed by atoms with E-state index in [0.717, 1.165) is 19.3 Å². The molecule has 1 rings (SSSR count). The molecule has 0 saturated heterocycles. The summed E-state index contributed by atoms with van der Waals surface area (Å²) in [5, 5.41) is 20.4. The molecule has 1 aromatic rings. The van der Waals surface area contributed by atoms with Crippen molar-refractivity contribution in [1.29, 1.82) is 0 Å². The summed E-state index contributed by atoms with van der Waals surface area (Å²) < 4.78 is 0. The molecule has 0 saturated carbocycles. The first-order valence-corrected chi connectivity index (χ1v) is 10.7. The Morgan fingerprint density at radius 3 is 2.00 bits per heavy atom. The third kappa shape index (κ3) is 8.19. The molecule has 0 bridgehead atoms. The lowest BCUT2D eigenvalue weighted by atomic mass is 9.93. The van der Waals surface area contributed by atoms with Gasteiger partial charge in [-0.25, -0.2) is 0 Å². The lowest BCUT2D eigenvalue weighted by Crippen LogP contribution is -2.05. The highest BCUT2D eigenvalue weighted by atomic mass is 16.3. The normalized spacial score (nSPS) is 10.9. The number of unbranched alkanes of at least 4 members (excludes halogenated alkanes) is 10. The zero-order chi connectivity index (χ0) is 20.1. The van der Waals surface area contributed by atoms with Crippen molar-refractivity contribution in [1.82, 2.24) is 0 Å². The smallest absolute Gasteiger partial charge is 0.167 e. The molecule has 0 aromatic heterocycles.